The van der Waals surface area contributed by atoms with Crippen molar-refractivity contribution in [1.29, 1.82) is 0 Å². The molecule has 6 nitrogen and oxygen atoms in total. The Morgan fingerprint density at radius 2 is 1.91 bits per heavy atom. The first-order valence-electron chi connectivity index (χ1n) is 8.16. The maximum atomic E-state index is 5.95. The van der Waals surface area contributed by atoms with Crippen molar-refractivity contribution in [3.05, 3.63) is 5.82 Å². The van der Waals surface area contributed by atoms with Crippen molar-refractivity contribution in [2.45, 2.75) is 46.1 Å². The molecule has 1 aliphatic heterocycles. The Hall–Kier alpha value is -1.43. The summed E-state index contributed by atoms with van der Waals surface area (Å²) in [6, 6.07) is 0. The Morgan fingerprint density at radius 1 is 1.18 bits per heavy atom. The lowest BCUT2D eigenvalue weighted by molar-refractivity contribution is 0.0496. The topological polar surface area (TPSA) is 54.4 Å². The van der Waals surface area contributed by atoms with Gasteiger partial charge in [0.2, 0.25) is 11.9 Å². The highest BCUT2D eigenvalue weighted by atomic mass is 16.5. The van der Waals surface area contributed by atoms with Gasteiger partial charge in [-0.15, -0.1) is 0 Å². The highest BCUT2D eigenvalue weighted by Crippen LogP contribution is 2.22. The molecule has 1 aromatic heterocycles. The number of hydrogen-bond donors (Lipinski definition) is 0. The van der Waals surface area contributed by atoms with E-state index in [9.17, 15) is 0 Å². The van der Waals surface area contributed by atoms with Crippen LogP contribution in [-0.2, 0) is 4.74 Å². The minimum absolute atomic E-state index is 0.282. The molecule has 0 saturated carbocycles. The molecule has 0 bridgehead atoms. The molecule has 0 spiro atoms. The van der Waals surface area contributed by atoms with Crippen LogP contribution in [0.1, 0.15) is 45.9 Å². The summed E-state index contributed by atoms with van der Waals surface area (Å²) in [6.45, 7) is 11.2. The van der Waals surface area contributed by atoms with Crippen molar-refractivity contribution in [2.75, 3.05) is 43.6 Å². The van der Waals surface area contributed by atoms with E-state index < -0.39 is 0 Å². The molecule has 1 aromatic rings. The van der Waals surface area contributed by atoms with Gasteiger partial charge in [-0.05, 0) is 12.3 Å². The average molecular weight is 307 g/mol. The van der Waals surface area contributed by atoms with Gasteiger partial charge in [0.15, 0.2) is 0 Å². The van der Waals surface area contributed by atoms with Gasteiger partial charge >= 0.3 is 0 Å². The lowest BCUT2D eigenvalue weighted by atomic mass is 10.2. The summed E-state index contributed by atoms with van der Waals surface area (Å²) in [7, 11) is 3.92. The average Bonchev–Trinajstić information content (AvgIpc) is 2.93. The molecule has 0 N–H and O–H groups in total. The number of rotatable bonds is 6. The van der Waals surface area contributed by atoms with Crippen molar-refractivity contribution < 1.29 is 4.74 Å². The number of ether oxygens (including phenoxy) is 1. The summed E-state index contributed by atoms with van der Waals surface area (Å²) in [5.41, 5.74) is 0. The minimum Gasteiger partial charge on any atom is -0.376 e. The van der Waals surface area contributed by atoms with Gasteiger partial charge in [0, 0.05) is 39.7 Å². The van der Waals surface area contributed by atoms with Crippen LogP contribution in [0.3, 0.4) is 0 Å². The fourth-order valence-corrected chi connectivity index (χ4v) is 2.34. The molecule has 2 rings (SSSR count). The van der Waals surface area contributed by atoms with Gasteiger partial charge in [0.25, 0.3) is 0 Å². The number of nitrogens with zero attached hydrogens (tertiary/aromatic N) is 5. The Morgan fingerprint density at radius 3 is 2.50 bits per heavy atom. The third-order valence-electron chi connectivity index (χ3n) is 3.64. The molecule has 1 atom stereocenters. The standard InChI is InChI=1S/C16H29N5O/c1-11(2)10-22-13-7-8-21(9-13)16-18-14(12(3)4)17-15(19-16)20(5)6/h11-13H,7-10H2,1-6H3. The van der Waals surface area contributed by atoms with Gasteiger partial charge < -0.3 is 14.5 Å². The zero-order chi connectivity index (χ0) is 16.3. The van der Waals surface area contributed by atoms with Crippen molar-refractivity contribution in [2.24, 2.45) is 5.92 Å². The van der Waals surface area contributed by atoms with Gasteiger partial charge in [0.1, 0.15) is 5.82 Å². The van der Waals surface area contributed by atoms with E-state index in [0.717, 1.165) is 43.8 Å². The molecule has 0 radical (unpaired) electrons. The summed E-state index contributed by atoms with van der Waals surface area (Å²) in [5.74, 6) is 3.20. The zero-order valence-corrected chi connectivity index (χ0v) is 14.7. The monoisotopic (exact) mass is 307 g/mol. The molecule has 1 saturated heterocycles. The predicted molar refractivity (Wildman–Crippen MR) is 89.7 cm³/mol. The maximum absolute atomic E-state index is 5.95. The summed E-state index contributed by atoms with van der Waals surface area (Å²) >= 11 is 0. The molecule has 6 heteroatoms. The molecule has 2 heterocycles. The second-order valence-corrected chi connectivity index (χ2v) is 6.93. The second-order valence-electron chi connectivity index (χ2n) is 6.93. The first-order chi connectivity index (χ1) is 10.4. The van der Waals surface area contributed by atoms with Crippen LogP contribution < -0.4 is 9.80 Å². The molecule has 1 fully saturated rings. The van der Waals surface area contributed by atoms with E-state index >= 15 is 0 Å². The summed E-state index contributed by atoms with van der Waals surface area (Å²) in [4.78, 5) is 17.9. The molecule has 22 heavy (non-hydrogen) atoms. The second kappa shape index (κ2) is 7.22. The van der Waals surface area contributed by atoms with Crippen molar-refractivity contribution in [1.82, 2.24) is 15.0 Å². The normalized spacial score (nSPS) is 18.5. The lowest BCUT2D eigenvalue weighted by Gasteiger charge is -2.20. The van der Waals surface area contributed by atoms with Gasteiger partial charge in [-0.2, -0.15) is 15.0 Å². The van der Waals surface area contributed by atoms with Crippen LogP contribution in [0.2, 0.25) is 0 Å². The summed E-state index contributed by atoms with van der Waals surface area (Å²) in [6.07, 6.45) is 1.32. The van der Waals surface area contributed by atoms with E-state index in [4.69, 9.17) is 4.74 Å². The zero-order valence-electron chi connectivity index (χ0n) is 14.7. The molecular weight excluding hydrogens is 278 g/mol. The van der Waals surface area contributed by atoms with E-state index in [1.807, 2.05) is 19.0 Å². The van der Waals surface area contributed by atoms with Gasteiger partial charge in [-0.25, -0.2) is 0 Å². The van der Waals surface area contributed by atoms with Gasteiger partial charge in [-0.3, -0.25) is 0 Å². The molecule has 0 amide bonds. The van der Waals surface area contributed by atoms with Gasteiger partial charge in [-0.1, -0.05) is 27.7 Å². The van der Waals surface area contributed by atoms with Crippen LogP contribution in [0, 0.1) is 5.92 Å². The Bertz CT molecular complexity index is 463. The quantitative estimate of drug-likeness (QED) is 0.804. The number of anilines is 2. The van der Waals surface area contributed by atoms with Crippen molar-refractivity contribution in [3.8, 4) is 0 Å². The Labute approximate surface area is 133 Å². The highest BCUT2D eigenvalue weighted by Gasteiger charge is 2.26. The van der Waals surface area contributed by atoms with Crippen LogP contribution in [0.5, 0.6) is 0 Å². The van der Waals surface area contributed by atoms with E-state index in [-0.39, 0.29) is 12.0 Å². The fraction of sp³-hybridized carbons (Fsp3) is 0.812. The smallest absolute Gasteiger partial charge is 0.230 e. The van der Waals surface area contributed by atoms with Crippen LogP contribution in [0.15, 0.2) is 0 Å². The van der Waals surface area contributed by atoms with E-state index in [1.165, 1.54) is 0 Å². The minimum atomic E-state index is 0.282. The van der Waals surface area contributed by atoms with Crippen LogP contribution >= 0.6 is 0 Å². The largest absolute Gasteiger partial charge is 0.376 e. The van der Waals surface area contributed by atoms with E-state index in [2.05, 4.69) is 47.5 Å². The summed E-state index contributed by atoms with van der Waals surface area (Å²) in [5, 5.41) is 0. The van der Waals surface area contributed by atoms with Crippen LogP contribution in [0.4, 0.5) is 11.9 Å². The molecule has 0 aliphatic carbocycles. The fourth-order valence-electron chi connectivity index (χ4n) is 2.34. The number of hydrogen-bond acceptors (Lipinski definition) is 6. The molecule has 0 aromatic carbocycles. The van der Waals surface area contributed by atoms with Crippen LogP contribution in [-0.4, -0.2) is 54.8 Å². The highest BCUT2D eigenvalue weighted by molar-refractivity contribution is 5.39. The first-order valence-corrected chi connectivity index (χ1v) is 8.16. The third-order valence-corrected chi connectivity index (χ3v) is 3.64. The predicted octanol–water partition coefficient (Wildman–Crippen LogP) is 2.31. The first kappa shape index (κ1) is 16.9. The number of aromatic nitrogens is 3. The SMILES string of the molecule is CC(C)COC1CCN(c2nc(C(C)C)nc(N(C)C)n2)C1. The Balaban J connectivity index is 2.11. The van der Waals surface area contributed by atoms with E-state index in [1.54, 1.807) is 0 Å². The molecule has 124 valence electrons. The van der Waals surface area contributed by atoms with Crippen molar-refractivity contribution >= 4 is 11.9 Å². The van der Waals surface area contributed by atoms with E-state index in [0.29, 0.717) is 5.92 Å². The molecule has 1 aliphatic rings. The molecular formula is C16H29N5O. The third kappa shape index (κ3) is 4.29. The summed E-state index contributed by atoms with van der Waals surface area (Å²) < 4.78 is 5.95. The van der Waals surface area contributed by atoms with Crippen LogP contribution in [0.25, 0.3) is 0 Å². The molecule has 1 unspecified atom stereocenters. The Kier molecular flexibility index (Phi) is 5.56. The lowest BCUT2D eigenvalue weighted by Crippen LogP contribution is -2.27. The van der Waals surface area contributed by atoms with Gasteiger partial charge in [0.05, 0.1) is 6.10 Å². The van der Waals surface area contributed by atoms with Crippen molar-refractivity contribution in [3.63, 3.8) is 0 Å². The maximum Gasteiger partial charge on any atom is 0.230 e.